The second kappa shape index (κ2) is 7.01. The standard InChI is InChI=1S/C16H17F2NO/c17-16(18)14-5-1-13(2-6-14)11-19-10-9-12-3-7-15(20)8-4-12/h1-8,16,19-20H,9-11H2. The van der Waals surface area contributed by atoms with Crippen LogP contribution < -0.4 is 5.32 Å². The van der Waals surface area contributed by atoms with E-state index < -0.39 is 6.43 Å². The molecule has 0 aliphatic rings. The average molecular weight is 277 g/mol. The zero-order valence-corrected chi connectivity index (χ0v) is 11.0. The number of hydrogen-bond donors (Lipinski definition) is 2. The van der Waals surface area contributed by atoms with Crippen molar-refractivity contribution >= 4 is 0 Å². The first-order valence-electron chi connectivity index (χ1n) is 6.51. The fraction of sp³-hybridized carbons (Fsp3) is 0.250. The van der Waals surface area contributed by atoms with Crippen molar-refractivity contribution < 1.29 is 13.9 Å². The number of phenolic OH excluding ortho intramolecular Hbond substituents is 1. The highest BCUT2D eigenvalue weighted by Gasteiger charge is 2.05. The van der Waals surface area contributed by atoms with Gasteiger partial charge in [-0.2, -0.15) is 0 Å². The molecule has 0 atom stereocenters. The van der Waals surface area contributed by atoms with Crippen LogP contribution in [0.1, 0.15) is 23.1 Å². The highest BCUT2D eigenvalue weighted by Crippen LogP contribution is 2.18. The van der Waals surface area contributed by atoms with Crippen molar-refractivity contribution in [3.63, 3.8) is 0 Å². The number of aromatic hydroxyl groups is 1. The molecule has 0 radical (unpaired) electrons. The molecule has 2 aromatic rings. The summed E-state index contributed by atoms with van der Waals surface area (Å²) in [5.41, 5.74) is 2.18. The summed E-state index contributed by atoms with van der Waals surface area (Å²) in [6, 6.07) is 13.5. The lowest BCUT2D eigenvalue weighted by Gasteiger charge is -2.06. The molecule has 0 fully saturated rings. The van der Waals surface area contributed by atoms with E-state index in [0.717, 1.165) is 24.1 Å². The minimum Gasteiger partial charge on any atom is -0.508 e. The predicted octanol–water partition coefficient (Wildman–Crippen LogP) is 3.66. The minimum absolute atomic E-state index is 0.0536. The highest BCUT2D eigenvalue weighted by molar-refractivity contribution is 5.26. The Balaban J connectivity index is 1.74. The number of benzene rings is 2. The number of phenols is 1. The zero-order chi connectivity index (χ0) is 14.4. The van der Waals surface area contributed by atoms with E-state index in [4.69, 9.17) is 5.11 Å². The molecule has 20 heavy (non-hydrogen) atoms. The molecule has 0 saturated carbocycles. The van der Waals surface area contributed by atoms with Gasteiger partial charge in [0.15, 0.2) is 0 Å². The van der Waals surface area contributed by atoms with E-state index in [1.807, 2.05) is 12.1 Å². The van der Waals surface area contributed by atoms with E-state index in [2.05, 4.69) is 5.32 Å². The summed E-state index contributed by atoms with van der Waals surface area (Å²) in [4.78, 5) is 0. The molecule has 2 N–H and O–H groups in total. The van der Waals surface area contributed by atoms with E-state index >= 15 is 0 Å². The lowest BCUT2D eigenvalue weighted by Crippen LogP contribution is -2.16. The van der Waals surface area contributed by atoms with E-state index in [1.165, 1.54) is 12.1 Å². The Kier molecular flexibility index (Phi) is 5.07. The topological polar surface area (TPSA) is 32.3 Å². The smallest absolute Gasteiger partial charge is 0.263 e. The quantitative estimate of drug-likeness (QED) is 0.790. The van der Waals surface area contributed by atoms with Crippen LogP contribution in [0.5, 0.6) is 5.75 Å². The van der Waals surface area contributed by atoms with Gasteiger partial charge in [-0.15, -0.1) is 0 Å². The number of hydrogen-bond acceptors (Lipinski definition) is 2. The van der Waals surface area contributed by atoms with Crippen LogP contribution in [0.15, 0.2) is 48.5 Å². The van der Waals surface area contributed by atoms with Crippen molar-refractivity contribution in [3.8, 4) is 5.75 Å². The first kappa shape index (κ1) is 14.5. The van der Waals surface area contributed by atoms with Crippen LogP contribution in [0, 0.1) is 0 Å². The maximum Gasteiger partial charge on any atom is 0.263 e. The van der Waals surface area contributed by atoms with Gasteiger partial charge in [-0.3, -0.25) is 0 Å². The third-order valence-corrected chi connectivity index (χ3v) is 3.09. The van der Waals surface area contributed by atoms with E-state index in [0.29, 0.717) is 6.54 Å². The van der Waals surface area contributed by atoms with Crippen molar-refractivity contribution in [2.75, 3.05) is 6.54 Å². The van der Waals surface area contributed by atoms with Crippen LogP contribution in [0.4, 0.5) is 8.78 Å². The van der Waals surface area contributed by atoms with Crippen LogP contribution in [0.2, 0.25) is 0 Å². The van der Waals surface area contributed by atoms with E-state index in [9.17, 15) is 8.78 Å². The molecular weight excluding hydrogens is 260 g/mol. The van der Waals surface area contributed by atoms with Gasteiger partial charge in [0.1, 0.15) is 5.75 Å². The van der Waals surface area contributed by atoms with Gasteiger partial charge < -0.3 is 10.4 Å². The lowest BCUT2D eigenvalue weighted by molar-refractivity contribution is 0.151. The molecule has 0 aliphatic heterocycles. The summed E-state index contributed by atoms with van der Waals surface area (Å²) in [6.07, 6.45) is -1.55. The summed E-state index contributed by atoms with van der Waals surface area (Å²) >= 11 is 0. The Hall–Kier alpha value is -1.94. The van der Waals surface area contributed by atoms with Gasteiger partial charge in [-0.05, 0) is 36.2 Å². The molecule has 2 rings (SSSR count). The SMILES string of the molecule is Oc1ccc(CCNCc2ccc(C(F)F)cc2)cc1. The van der Waals surface area contributed by atoms with Crippen molar-refractivity contribution in [1.29, 1.82) is 0 Å². The van der Waals surface area contributed by atoms with Crippen LogP contribution in [-0.4, -0.2) is 11.7 Å². The molecule has 4 heteroatoms. The molecule has 0 aromatic heterocycles. The molecule has 2 nitrogen and oxygen atoms in total. The van der Waals surface area contributed by atoms with Gasteiger partial charge in [0.2, 0.25) is 0 Å². The number of alkyl halides is 2. The average Bonchev–Trinajstić information content (AvgIpc) is 2.46. The van der Waals surface area contributed by atoms with Gasteiger partial charge in [0.25, 0.3) is 6.43 Å². The summed E-state index contributed by atoms with van der Waals surface area (Å²) in [5.74, 6) is 0.265. The highest BCUT2D eigenvalue weighted by atomic mass is 19.3. The summed E-state index contributed by atoms with van der Waals surface area (Å²) in [6.45, 7) is 1.45. The van der Waals surface area contributed by atoms with Gasteiger partial charge in [0, 0.05) is 12.1 Å². The largest absolute Gasteiger partial charge is 0.508 e. The molecule has 0 amide bonds. The van der Waals surface area contributed by atoms with Crippen molar-refractivity contribution in [1.82, 2.24) is 5.32 Å². The minimum atomic E-state index is -2.41. The van der Waals surface area contributed by atoms with Gasteiger partial charge in [-0.1, -0.05) is 36.4 Å². The summed E-state index contributed by atoms with van der Waals surface area (Å²) < 4.78 is 24.8. The fourth-order valence-electron chi connectivity index (χ4n) is 1.91. The van der Waals surface area contributed by atoms with Crippen LogP contribution in [0.3, 0.4) is 0 Å². The third-order valence-electron chi connectivity index (χ3n) is 3.09. The Morgan fingerprint density at radius 2 is 1.50 bits per heavy atom. The monoisotopic (exact) mass is 277 g/mol. The number of rotatable bonds is 6. The molecule has 106 valence electrons. The molecule has 0 aliphatic carbocycles. The lowest BCUT2D eigenvalue weighted by atomic mass is 10.1. The normalized spacial score (nSPS) is 10.9. The van der Waals surface area contributed by atoms with E-state index in [1.54, 1.807) is 24.3 Å². The van der Waals surface area contributed by atoms with Crippen molar-refractivity contribution in [3.05, 3.63) is 65.2 Å². The third kappa shape index (κ3) is 4.31. The zero-order valence-electron chi connectivity index (χ0n) is 11.0. The van der Waals surface area contributed by atoms with Gasteiger partial charge in [0.05, 0.1) is 0 Å². The van der Waals surface area contributed by atoms with Crippen molar-refractivity contribution in [2.24, 2.45) is 0 Å². The molecule has 0 saturated heterocycles. The van der Waals surface area contributed by atoms with Crippen LogP contribution in [-0.2, 0) is 13.0 Å². The maximum absolute atomic E-state index is 12.4. The summed E-state index contributed by atoms with van der Waals surface area (Å²) in [5, 5.41) is 12.4. The Morgan fingerprint density at radius 3 is 2.10 bits per heavy atom. The number of halogens is 2. The second-order valence-electron chi connectivity index (χ2n) is 4.64. The van der Waals surface area contributed by atoms with E-state index in [-0.39, 0.29) is 11.3 Å². The molecule has 0 heterocycles. The Labute approximate surface area is 117 Å². The fourth-order valence-corrected chi connectivity index (χ4v) is 1.91. The molecule has 0 unspecified atom stereocenters. The number of nitrogens with one attached hydrogen (secondary N) is 1. The first-order valence-corrected chi connectivity index (χ1v) is 6.51. The first-order chi connectivity index (χ1) is 9.65. The second-order valence-corrected chi connectivity index (χ2v) is 4.64. The van der Waals surface area contributed by atoms with Crippen LogP contribution in [0.25, 0.3) is 0 Å². The molecular formula is C16H17F2NO. The Morgan fingerprint density at radius 1 is 0.900 bits per heavy atom. The Bertz CT molecular complexity index is 523. The molecule has 2 aromatic carbocycles. The molecule has 0 bridgehead atoms. The maximum atomic E-state index is 12.4. The molecule has 0 spiro atoms. The predicted molar refractivity (Wildman–Crippen MR) is 74.9 cm³/mol. The van der Waals surface area contributed by atoms with Crippen molar-refractivity contribution in [2.45, 2.75) is 19.4 Å². The van der Waals surface area contributed by atoms with Gasteiger partial charge >= 0.3 is 0 Å². The summed E-state index contributed by atoms with van der Waals surface area (Å²) in [7, 11) is 0. The van der Waals surface area contributed by atoms with Gasteiger partial charge in [-0.25, -0.2) is 8.78 Å². The van der Waals surface area contributed by atoms with Crippen LogP contribution >= 0.6 is 0 Å².